The fourth-order valence-electron chi connectivity index (χ4n) is 3.79. The van der Waals surface area contributed by atoms with Gasteiger partial charge in [0.25, 0.3) is 11.8 Å². The normalized spacial score (nSPS) is 19.2. The van der Waals surface area contributed by atoms with Crippen LogP contribution in [0.2, 0.25) is 23.2 Å². The van der Waals surface area contributed by atoms with Crippen molar-refractivity contribution >= 4 is 47.7 Å². The van der Waals surface area contributed by atoms with Crippen LogP contribution in [0.4, 0.5) is 0 Å². The molecular weight excluding hydrogens is 470 g/mol. The highest BCUT2D eigenvalue weighted by molar-refractivity contribution is 9.10. The second-order valence-corrected chi connectivity index (χ2v) is 13.4. The van der Waals surface area contributed by atoms with Gasteiger partial charge in [0, 0.05) is 15.1 Å². The topological polar surface area (TPSA) is 46.6 Å². The van der Waals surface area contributed by atoms with E-state index in [0.717, 1.165) is 28.2 Å². The molecule has 2 aromatic rings. The molecule has 2 amide bonds. The first-order valence-corrected chi connectivity index (χ1v) is 13.6. The molecule has 1 aliphatic heterocycles. The van der Waals surface area contributed by atoms with Crippen LogP contribution in [0.25, 0.3) is 0 Å². The Morgan fingerprint density at radius 1 is 1.03 bits per heavy atom. The molecule has 0 radical (unpaired) electrons. The molecule has 0 N–H and O–H groups in total. The number of carbonyl (C=O) groups excluding carboxylic acids is 2. The molecule has 7 heteroatoms. The summed E-state index contributed by atoms with van der Waals surface area (Å²) in [5.74, 6) is -0.566. The van der Waals surface area contributed by atoms with E-state index in [4.69, 9.17) is 16.0 Å². The van der Waals surface area contributed by atoms with E-state index in [1.165, 1.54) is 4.90 Å². The molecule has 1 saturated heterocycles. The van der Waals surface area contributed by atoms with E-state index in [-0.39, 0.29) is 11.8 Å². The van der Waals surface area contributed by atoms with Crippen LogP contribution in [0.15, 0.2) is 53.0 Å². The van der Waals surface area contributed by atoms with Crippen molar-refractivity contribution in [2.45, 2.75) is 51.0 Å². The first kappa shape index (κ1) is 22.2. The number of amides is 2. The van der Waals surface area contributed by atoms with Crippen LogP contribution in [0.1, 0.15) is 42.7 Å². The molecule has 3 rings (SSSR count). The summed E-state index contributed by atoms with van der Waals surface area (Å²) in [5, 5.41) is 0.613. The predicted octanol–water partition coefficient (Wildman–Crippen LogP) is 6.22. The number of hydrogen-bond acceptors (Lipinski definition) is 3. The summed E-state index contributed by atoms with van der Waals surface area (Å²) in [6.45, 7) is 6.39. The summed E-state index contributed by atoms with van der Waals surface area (Å²) in [6, 6.07) is 16.7. The highest BCUT2D eigenvalue weighted by Crippen LogP contribution is 2.41. The minimum atomic E-state index is -2.02. The number of β-lactam (4-membered cyclic amide) rings is 1. The number of nitrogens with zero attached hydrogens (tertiary/aromatic N) is 1. The van der Waals surface area contributed by atoms with E-state index in [2.05, 4.69) is 36.7 Å². The first-order chi connectivity index (χ1) is 13.9. The summed E-state index contributed by atoms with van der Waals surface area (Å²) in [7, 11) is -2.02. The molecule has 1 fully saturated rings. The lowest BCUT2D eigenvalue weighted by Gasteiger charge is -2.48. The molecule has 0 aromatic heterocycles. The largest absolute Gasteiger partial charge is 0.403 e. The summed E-state index contributed by atoms with van der Waals surface area (Å²) >= 11 is 9.43. The van der Waals surface area contributed by atoms with Gasteiger partial charge in [0.15, 0.2) is 14.4 Å². The van der Waals surface area contributed by atoms with Gasteiger partial charge in [0.05, 0.1) is 6.04 Å². The Morgan fingerprint density at radius 2 is 1.59 bits per heavy atom. The zero-order chi connectivity index (χ0) is 21.2. The van der Waals surface area contributed by atoms with Crippen LogP contribution in [0.3, 0.4) is 0 Å². The zero-order valence-electron chi connectivity index (χ0n) is 16.8. The Balaban J connectivity index is 1.95. The van der Waals surface area contributed by atoms with Gasteiger partial charge < -0.3 is 4.43 Å². The van der Waals surface area contributed by atoms with Crippen molar-refractivity contribution in [1.29, 1.82) is 0 Å². The Labute approximate surface area is 186 Å². The molecule has 0 bridgehead atoms. The van der Waals surface area contributed by atoms with Crippen LogP contribution in [0, 0.1) is 0 Å². The lowest BCUT2D eigenvalue weighted by Crippen LogP contribution is -2.64. The molecule has 2 aromatic carbocycles. The van der Waals surface area contributed by atoms with Gasteiger partial charge in [-0.3, -0.25) is 14.5 Å². The zero-order valence-corrected chi connectivity index (χ0v) is 20.2. The minimum Gasteiger partial charge on any atom is -0.403 e. The summed E-state index contributed by atoms with van der Waals surface area (Å²) in [4.78, 5) is 27.6. The second kappa shape index (κ2) is 9.12. The SMILES string of the molecule is CC[Si](CC)(CC)OC1C(=O)N(C(=O)c2ccc(Br)cc2)C1c1ccc(Cl)cc1. The van der Waals surface area contributed by atoms with Crippen molar-refractivity contribution in [3.8, 4) is 0 Å². The standard InChI is InChI=1S/C22H25BrClNO3Si/c1-4-29(5-2,6-3)28-20-19(15-9-13-18(24)14-10-15)25(22(20)27)21(26)16-7-11-17(23)12-8-16/h7-14,19-20H,4-6H2,1-3H3. The number of carbonyl (C=O) groups is 2. The van der Waals surface area contributed by atoms with Gasteiger partial charge in [-0.05, 0) is 60.1 Å². The molecule has 0 aliphatic carbocycles. The van der Waals surface area contributed by atoms with E-state index in [9.17, 15) is 9.59 Å². The quantitative estimate of drug-likeness (QED) is 0.261. The van der Waals surface area contributed by atoms with Crippen molar-refractivity contribution in [1.82, 2.24) is 4.90 Å². The number of halogens is 2. The Morgan fingerprint density at radius 3 is 2.10 bits per heavy atom. The molecular formula is C22H25BrClNO3Si. The van der Waals surface area contributed by atoms with Crippen molar-refractivity contribution in [2.24, 2.45) is 0 Å². The fraction of sp³-hybridized carbons (Fsp3) is 0.364. The molecule has 29 heavy (non-hydrogen) atoms. The molecule has 1 heterocycles. The fourth-order valence-corrected chi connectivity index (χ4v) is 6.95. The summed E-state index contributed by atoms with van der Waals surface area (Å²) < 4.78 is 7.40. The lowest BCUT2D eigenvalue weighted by atomic mass is 9.90. The van der Waals surface area contributed by atoms with Gasteiger partial charge >= 0.3 is 0 Å². The maximum absolute atomic E-state index is 13.1. The Hall–Kier alpha value is -1.47. The van der Waals surface area contributed by atoms with Crippen LogP contribution in [0.5, 0.6) is 0 Å². The third-order valence-corrected chi connectivity index (χ3v) is 11.3. The van der Waals surface area contributed by atoms with Gasteiger partial charge in [0.1, 0.15) is 0 Å². The lowest BCUT2D eigenvalue weighted by molar-refractivity contribution is -0.158. The molecule has 2 unspecified atom stereocenters. The number of benzene rings is 2. The average Bonchev–Trinajstić information content (AvgIpc) is 2.74. The van der Waals surface area contributed by atoms with Crippen molar-refractivity contribution in [3.63, 3.8) is 0 Å². The third-order valence-electron chi connectivity index (χ3n) is 5.88. The van der Waals surface area contributed by atoms with Crippen LogP contribution in [-0.2, 0) is 9.22 Å². The predicted molar refractivity (Wildman–Crippen MR) is 122 cm³/mol. The molecule has 0 spiro atoms. The number of hydrogen-bond donors (Lipinski definition) is 0. The molecule has 0 saturated carbocycles. The monoisotopic (exact) mass is 493 g/mol. The third kappa shape index (κ3) is 4.36. The van der Waals surface area contributed by atoms with Gasteiger partial charge in [0.2, 0.25) is 0 Å². The summed E-state index contributed by atoms with van der Waals surface area (Å²) in [5.41, 5.74) is 1.33. The van der Waals surface area contributed by atoms with Gasteiger partial charge in [-0.2, -0.15) is 0 Å². The van der Waals surface area contributed by atoms with E-state index in [0.29, 0.717) is 10.6 Å². The second-order valence-electron chi connectivity index (χ2n) is 7.30. The molecule has 2 atom stereocenters. The molecule has 4 nitrogen and oxygen atoms in total. The number of likely N-dealkylation sites (tertiary alicyclic amines) is 1. The smallest absolute Gasteiger partial charge is 0.261 e. The van der Waals surface area contributed by atoms with Gasteiger partial charge in [-0.25, -0.2) is 0 Å². The van der Waals surface area contributed by atoms with Gasteiger partial charge in [-0.1, -0.05) is 60.4 Å². The highest BCUT2D eigenvalue weighted by Gasteiger charge is 2.54. The average molecular weight is 495 g/mol. The molecule has 154 valence electrons. The Bertz CT molecular complexity index is 876. The number of imide groups is 1. The first-order valence-electron chi connectivity index (χ1n) is 9.92. The Kier molecular flexibility index (Phi) is 6.99. The van der Waals surface area contributed by atoms with E-state index in [1.54, 1.807) is 36.4 Å². The minimum absolute atomic E-state index is 0.259. The summed E-state index contributed by atoms with van der Waals surface area (Å²) in [6.07, 6.45) is -0.623. The van der Waals surface area contributed by atoms with E-state index in [1.807, 2.05) is 12.1 Å². The van der Waals surface area contributed by atoms with E-state index >= 15 is 0 Å². The van der Waals surface area contributed by atoms with E-state index < -0.39 is 20.5 Å². The van der Waals surface area contributed by atoms with Crippen molar-refractivity contribution in [3.05, 3.63) is 69.2 Å². The van der Waals surface area contributed by atoms with Crippen LogP contribution in [-0.4, -0.2) is 31.1 Å². The number of rotatable bonds is 7. The van der Waals surface area contributed by atoms with Crippen LogP contribution < -0.4 is 0 Å². The van der Waals surface area contributed by atoms with Crippen molar-refractivity contribution in [2.75, 3.05) is 0 Å². The molecule has 1 aliphatic rings. The van der Waals surface area contributed by atoms with Gasteiger partial charge in [-0.15, -0.1) is 0 Å². The van der Waals surface area contributed by atoms with Crippen LogP contribution >= 0.6 is 27.5 Å². The highest BCUT2D eigenvalue weighted by atomic mass is 79.9. The maximum atomic E-state index is 13.1. The maximum Gasteiger partial charge on any atom is 0.261 e. The van der Waals surface area contributed by atoms with Crippen molar-refractivity contribution < 1.29 is 14.0 Å².